The number of benzene rings is 2. The van der Waals surface area contributed by atoms with Crippen molar-refractivity contribution < 1.29 is 4.79 Å². The van der Waals surface area contributed by atoms with Gasteiger partial charge in [0.25, 0.3) is 0 Å². The number of rotatable bonds is 7. The number of hydrogen-bond acceptors (Lipinski definition) is 4. The summed E-state index contributed by atoms with van der Waals surface area (Å²) in [6.45, 7) is 5.11. The predicted octanol–water partition coefficient (Wildman–Crippen LogP) is 3.54. The number of carbonyl (C=O) groups excluding carboxylic acids is 1. The Morgan fingerprint density at radius 3 is 2.62 bits per heavy atom. The first-order valence-corrected chi connectivity index (χ1v) is 11.9. The summed E-state index contributed by atoms with van der Waals surface area (Å²) in [4.78, 5) is 16.4. The fraction of sp³-hybridized carbons (Fsp3) is 0.462. The summed E-state index contributed by atoms with van der Waals surface area (Å²) in [5, 5.41) is 6.26. The Morgan fingerprint density at radius 2 is 1.94 bits per heavy atom. The van der Waals surface area contributed by atoms with Crippen LogP contribution < -0.4 is 10.6 Å². The molecule has 2 fully saturated rings. The lowest BCUT2D eigenvalue weighted by Gasteiger charge is -2.42. The topological polar surface area (TPSA) is 67.4 Å². The third-order valence-electron chi connectivity index (χ3n) is 7.17. The molecular formula is C26H33N5O. The van der Waals surface area contributed by atoms with E-state index in [1.165, 1.54) is 47.1 Å². The Morgan fingerprint density at radius 1 is 1.12 bits per heavy atom. The Hall–Kier alpha value is -2.86. The van der Waals surface area contributed by atoms with Gasteiger partial charge in [-0.05, 0) is 55.9 Å². The van der Waals surface area contributed by atoms with E-state index in [0.717, 1.165) is 32.5 Å². The Balaban J connectivity index is 1.42. The summed E-state index contributed by atoms with van der Waals surface area (Å²) < 4.78 is 2.28. The van der Waals surface area contributed by atoms with Gasteiger partial charge in [0.15, 0.2) is 0 Å². The standard InChI is InChI=1S/C26H33N5O/c1-2-24-23-12-11-21(16-25(23)31(28-24)20-9-6-10-20)29-13-14-30(18-26(27)32)22(17-29)15-19-7-4-3-5-8-19/h3-5,7-8,11-12,16,20,22H,2,6,9-10,13-15,17-18H2,1H3,(H2,27,32)/t22-/m0/s1. The van der Waals surface area contributed by atoms with Gasteiger partial charge in [-0.15, -0.1) is 0 Å². The van der Waals surface area contributed by atoms with Gasteiger partial charge in [-0.2, -0.15) is 5.10 Å². The quantitative estimate of drug-likeness (QED) is 0.621. The van der Waals surface area contributed by atoms with E-state index in [1.807, 2.05) is 6.07 Å². The van der Waals surface area contributed by atoms with E-state index < -0.39 is 0 Å². The fourth-order valence-electron chi connectivity index (χ4n) is 5.17. The predicted molar refractivity (Wildman–Crippen MR) is 129 cm³/mol. The number of aromatic nitrogens is 2. The highest BCUT2D eigenvalue weighted by Gasteiger charge is 2.29. The van der Waals surface area contributed by atoms with Gasteiger partial charge in [0.2, 0.25) is 5.91 Å². The Kier molecular flexibility index (Phi) is 5.87. The molecule has 0 unspecified atom stereocenters. The third kappa shape index (κ3) is 4.11. The number of anilines is 1. The molecule has 1 saturated carbocycles. The molecule has 2 aromatic carbocycles. The third-order valence-corrected chi connectivity index (χ3v) is 7.17. The van der Waals surface area contributed by atoms with Crippen LogP contribution in [0.3, 0.4) is 0 Å². The first-order valence-electron chi connectivity index (χ1n) is 11.9. The number of carbonyl (C=O) groups is 1. The van der Waals surface area contributed by atoms with Crippen molar-refractivity contribution in [3.8, 4) is 0 Å². The summed E-state index contributed by atoms with van der Waals surface area (Å²) in [6.07, 6.45) is 5.63. The average molecular weight is 432 g/mol. The Labute approximate surface area is 190 Å². The molecule has 1 saturated heterocycles. The SMILES string of the molecule is CCc1nn(C2CCC2)c2cc(N3CCN(CC(N)=O)[C@@H](Cc4ccccc4)C3)ccc12. The molecule has 0 bridgehead atoms. The van der Waals surface area contributed by atoms with Gasteiger partial charge < -0.3 is 10.6 Å². The van der Waals surface area contributed by atoms with Gasteiger partial charge in [-0.1, -0.05) is 37.3 Å². The number of hydrogen-bond donors (Lipinski definition) is 1. The van der Waals surface area contributed by atoms with Crippen LogP contribution in [0.4, 0.5) is 5.69 Å². The van der Waals surface area contributed by atoms with E-state index in [-0.39, 0.29) is 11.9 Å². The smallest absolute Gasteiger partial charge is 0.231 e. The monoisotopic (exact) mass is 431 g/mol. The van der Waals surface area contributed by atoms with Crippen LogP contribution in [-0.4, -0.2) is 52.8 Å². The highest BCUT2D eigenvalue weighted by Crippen LogP contribution is 2.36. The largest absolute Gasteiger partial charge is 0.369 e. The van der Waals surface area contributed by atoms with Crippen LogP contribution in [0.15, 0.2) is 48.5 Å². The lowest BCUT2D eigenvalue weighted by Crippen LogP contribution is -2.56. The molecule has 2 heterocycles. The van der Waals surface area contributed by atoms with Gasteiger partial charge in [0.1, 0.15) is 0 Å². The number of nitrogens with two attached hydrogens (primary N) is 1. The molecule has 1 aliphatic heterocycles. The number of amides is 1. The van der Waals surface area contributed by atoms with Crippen molar-refractivity contribution in [3.63, 3.8) is 0 Å². The molecule has 6 nitrogen and oxygen atoms in total. The fourth-order valence-corrected chi connectivity index (χ4v) is 5.17. The molecule has 3 aromatic rings. The van der Waals surface area contributed by atoms with E-state index >= 15 is 0 Å². The highest BCUT2D eigenvalue weighted by atomic mass is 16.1. The summed E-state index contributed by atoms with van der Waals surface area (Å²) in [6, 6.07) is 18.2. The van der Waals surface area contributed by atoms with Crippen LogP contribution in [0.2, 0.25) is 0 Å². The molecule has 2 N–H and O–H groups in total. The van der Waals surface area contributed by atoms with Crippen molar-refractivity contribution in [3.05, 3.63) is 59.8 Å². The van der Waals surface area contributed by atoms with E-state index in [0.29, 0.717) is 12.6 Å². The second kappa shape index (κ2) is 8.94. The van der Waals surface area contributed by atoms with Crippen LogP contribution in [0, 0.1) is 0 Å². The molecule has 1 aliphatic carbocycles. The molecular weight excluding hydrogens is 398 g/mol. The van der Waals surface area contributed by atoms with Crippen LogP contribution in [0.5, 0.6) is 0 Å². The lowest BCUT2D eigenvalue weighted by atomic mass is 9.93. The molecule has 32 heavy (non-hydrogen) atoms. The minimum absolute atomic E-state index is 0.247. The second-order valence-corrected chi connectivity index (χ2v) is 9.26. The normalized spacial score (nSPS) is 19.9. The minimum atomic E-state index is -0.255. The first-order chi connectivity index (χ1) is 15.6. The van der Waals surface area contributed by atoms with Crippen molar-refractivity contribution in [1.82, 2.24) is 14.7 Å². The first kappa shape index (κ1) is 21.0. The van der Waals surface area contributed by atoms with Gasteiger partial charge in [0.05, 0.1) is 23.8 Å². The molecule has 6 heteroatoms. The van der Waals surface area contributed by atoms with Gasteiger partial charge in [-0.3, -0.25) is 14.4 Å². The van der Waals surface area contributed by atoms with Crippen LogP contribution in [0.1, 0.15) is 43.5 Å². The molecule has 1 atom stereocenters. The number of aryl methyl sites for hydroxylation is 1. The van der Waals surface area contributed by atoms with Crippen molar-refractivity contribution in [2.45, 2.75) is 51.1 Å². The average Bonchev–Trinajstić information content (AvgIpc) is 3.12. The van der Waals surface area contributed by atoms with Gasteiger partial charge in [-0.25, -0.2) is 0 Å². The molecule has 168 valence electrons. The Bertz CT molecular complexity index is 1090. The maximum atomic E-state index is 11.7. The molecule has 1 aromatic heterocycles. The molecule has 5 rings (SSSR count). The van der Waals surface area contributed by atoms with Crippen LogP contribution in [0.25, 0.3) is 10.9 Å². The van der Waals surface area contributed by atoms with Crippen molar-refractivity contribution in [2.75, 3.05) is 31.1 Å². The molecule has 0 spiro atoms. The van der Waals surface area contributed by atoms with Crippen molar-refractivity contribution >= 4 is 22.5 Å². The summed E-state index contributed by atoms with van der Waals surface area (Å²) >= 11 is 0. The van der Waals surface area contributed by atoms with E-state index in [2.05, 4.69) is 63.9 Å². The number of piperazine rings is 1. The zero-order valence-corrected chi connectivity index (χ0v) is 18.9. The number of nitrogens with zero attached hydrogens (tertiary/aromatic N) is 4. The van der Waals surface area contributed by atoms with E-state index in [9.17, 15) is 4.79 Å². The maximum absolute atomic E-state index is 11.7. The van der Waals surface area contributed by atoms with E-state index in [1.54, 1.807) is 0 Å². The number of fused-ring (bicyclic) bond motifs is 1. The van der Waals surface area contributed by atoms with Crippen LogP contribution >= 0.6 is 0 Å². The van der Waals surface area contributed by atoms with Crippen molar-refractivity contribution in [2.24, 2.45) is 5.73 Å². The second-order valence-electron chi connectivity index (χ2n) is 9.26. The molecule has 0 radical (unpaired) electrons. The van der Waals surface area contributed by atoms with Crippen molar-refractivity contribution in [1.29, 1.82) is 0 Å². The molecule has 2 aliphatic rings. The zero-order chi connectivity index (χ0) is 22.1. The zero-order valence-electron chi connectivity index (χ0n) is 18.9. The van der Waals surface area contributed by atoms with Gasteiger partial charge >= 0.3 is 0 Å². The lowest BCUT2D eigenvalue weighted by molar-refractivity contribution is -0.119. The summed E-state index contributed by atoms with van der Waals surface area (Å²) in [7, 11) is 0. The van der Waals surface area contributed by atoms with Gasteiger partial charge in [0, 0.05) is 36.7 Å². The minimum Gasteiger partial charge on any atom is -0.369 e. The summed E-state index contributed by atoms with van der Waals surface area (Å²) in [5.41, 5.74) is 10.6. The highest BCUT2D eigenvalue weighted by molar-refractivity contribution is 5.85. The van der Waals surface area contributed by atoms with Crippen LogP contribution in [-0.2, 0) is 17.6 Å². The maximum Gasteiger partial charge on any atom is 0.231 e. The number of primary amides is 1. The molecule has 1 amide bonds. The summed E-state index contributed by atoms with van der Waals surface area (Å²) in [5.74, 6) is -0.255. The van der Waals surface area contributed by atoms with E-state index in [4.69, 9.17) is 10.8 Å².